The molecule has 1 heterocycles. The van der Waals surface area contributed by atoms with Crippen LogP contribution in [-0.4, -0.2) is 5.78 Å². The molecule has 2 N–H and O–H groups in total. The third-order valence-corrected chi connectivity index (χ3v) is 5.15. The van der Waals surface area contributed by atoms with Gasteiger partial charge in [0.2, 0.25) is 0 Å². The van der Waals surface area contributed by atoms with Gasteiger partial charge in [-0.2, -0.15) is 0 Å². The number of anilines is 2. The molecule has 2 aliphatic rings. The quantitative estimate of drug-likeness (QED) is 0.720. The number of fused-ring (bicyclic) bond motifs is 2. The van der Waals surface area contributed by atoms with E-state index in [1.165, 1.54) is 0 Å². The molecule has 2 aromatic carbocycles. The minimum absolute atomic E-state index is 0.145. The number of Topliss-reactive ketones (excluding diaryl/α,β-unsaturated/α-hetero) is 1. The van der Waals surface area contributed by atoms with Crippen LogP contribution in [0.2, 0.25) is 5.02 Å². The van der Waals surface area contributed by atoms with E-state index in [1.54, 1.807) is 0 Å². The summed E-state index contributed by atoms with van der Waals surface area (Å²) in [6, 6.07) is 15.7. The van der Waals surface area contributed by atoms with E-state index in [0.717, 1.165) is 22.6 Å². The number of carbonyl (C=O) groups is 1. The van der Waals surface area contributed by atoms with Crippen molar-refractivity contribution >= 4 is 28.8 Å². The topological polar surface area (TPSA) is 41.1 Å². The summed E-state index contributed by atoms with van der Waals surface area (Å²) in [5.74, 6) is -0.000765. The molecule has 1 aliphatic heterocycles. The molecule has 0 radical (unpaired) electrons. The number of benzene rings is 2. The van der Waals surface area contributed by atoms with Crippen molar-refractivity contribution in [1.29, 1.82) is 0 Å². The molecule has 0 spiro atoms. The van der Waals surface area contributed by atoms with Crippen LogP contribution in [0.1, 0.15) is 31.9 Å². The van der Waals surface area contributed by atoms with Gasteiger partial charge in [-0.05, 0) is 35.2 Å². The Morgan fingerprint density at radius 2 is 1.84 bits per heavy atom. The summed E-state index contributed by atoms with van der Waals surface area (Å²) in [6.45, 7) is 4.21. The predicted molar refractivity (Wildman–Crippen MR) is 103 cm³/mol. The van der Waals surface area contributed by atoms with Crippen molar-refractivity contribution in [2.24, 2.45) is 11.3 Å². The fourth-order valence-electron chi connectivity index (χ4n) is 3.87. The van der Waals surface area contributed by atoms with Crippen molar-refractivity contribution in [2.45, 2.75) is 26.3 Å². The molecule has 2 unspecified atom stereocenters. The van der Waals surface area contributed by atoms with E-state index in [-0.39, 0.29) is 23.2 Å². The summed E-state index contributed by atoms with van der Waals surface area (Å²) in [6.07, 6.45) is 2.75. The maximum absolute atomic E-state index is 13.1. The first kappa shape index (κ1) is 16.2. The molecule has 4 heteroatoms. The highest BCUT2D eigenvalue weighted by atomic mass is 35.5. The molecule has 0 saturated carbocycles. The summed E-state index contributed by atoms with van der Waals surface area (Å²) < 4.78 is 0. The van der Waals surface area contributed by atoms with Gasteiger partial charge in [-0.3, -0.25) is 4.79 Å². The smallest absolute Gasteiger partial charge is 0.145 e. The molecule has 0 saturated heterocycles. The van der Waals surface area contributed by atoms with Crippen LogP contribution in [0.15, 0.2) is 60.3 Å². The Kier molecular flexibility index (Phi) is 3.84. The van der Waals surface area contributed by atoms with Gasteiger partial charge in [0.15, 0.2) is 0 Å². The molecule has 4 rings (SSSR count). The van der Waals surface area contributed by atoms with Crippen LogP contribution in [0.5, 0.6) is 0 Å². The van der Waals surface area contributed by atoms with E-state index in [1.807, 2.05) is 48.5 Å². The van der Waals surface area contributed by atoms with E-state index < -0.39 is 0 Å². The Morgan fingerprint density at radius 3 is 2.60 bits per heavy atom. The molecule has 1 aliphatic carbocycles. The molecule has 3 nitrogen and oxygen atoms in total. The zero-order valence-electron chi connectivity index (χ0n) is 14.3. The molecule has 0 aromatic heterocycles. The lowest BCUT2D eigenvalue weighted by Crippen LogP contribution is -2.36. The Bertz CT molecular complexity index is 872. The maximum atomic E-state index is 13.1. The van der Waals surface area contributed by atoms with Gasteiger partial charge in [0.1, 0.15) is 5.78 Å². The lowest BCUT2D eigenvalue weighted by Gasteiger charge is -2.35. The second-order valence-electron chi connectivity index (χ2n) is 7.56. The minimum Gasteiger partial charge on any atom is -0.375 e. The highest BCUT2D eigenvalue weighted by Crippen LogP contribution is 2.45. The summed E-state index contributed by atoms with van der Waals surface area (Å²) in [7, 11) is 0. The van der Waals surface area contributed by atoms with Gasteiger partial charge in [0.25, 0.3) is 0 Å². The first-order valence-corrected chi connectivity index (χ1v) is 8.94. The third-order valence-electron chi connectivity index (χ3n) is 4.92. The third kappa shape index (κ3) is 3.05. The van der Waals surface area contributed by atoms with Crippen molar-refractivity contribution in [1.82, 2.24) is 0 Å². The van der Waals surface area contributed by atoms with Crippen LogP contribution < -0.4 is 10.6 Å². The van der Waals surface area contributed by atoms with Gasteiger partial charge in [-0.25, -0.2) is 0 Å². The molecule has 0 bridgehead atoms. The van der Waals surface area contributed by atoms with Crippen LogP contribution in [0.25, 0.3) is 0 Å². The molecular formula is C21H21ClN2O. The van der Waals surface area contributed by atoms with Crippen LogP contribution in [0.3, 0.4) is 0 Å². The number of hydrogen-bond acceptors (Lipinski definition) is 3. The molecule has 0 amide bonds. The second kappa shape index (κ2) is 5.92. The summed E-state index contributed by atoms with van der Waals surface area (Å²) >= 11 is 6.22. The number of halogens is 1. The predicted octanol–water partition coefficient (Wildman–Crippen LogP) is 5.42. The largest absolute Gasteiger partial charge is 0.375 e. The first-order valence-electron chi connectivity index (χ1n) is 8.56. The van der Waals surface area contributed by atoms with E-state index in [0.29, 0.717) is 11.4 Å². The van der Waals surface area contributed by atoms with Gasteiger partial charge in [0, 0.05) is 17.1 Å². The lowest BCUT2D eigenvalue weighted by molar-refractivity contribution is -0.124. The van der Waals surface area contributed by atoms with Crippen LogP contribution in [0.4, 0.5) is 11.4 Å². The van der Waals surface area contributed by atoms with Crippen molar-refractivity contribution in [3.05, 3.63) is 70.9 Å². The van der Waals surface area contributed by atoms with Gasteiger partial charge in [-0.1, -0.05) is 55.8 Å². The highest BCUT2D eigenvalue weighted by Gasteiger charge is 2.41. The highest BCUT2D eigenvalue weighted by molar-refractivity contribution is 6.30. The average Bonchev–Trinajstić information content (AvgIpc) is 2.70. The summed E-state index contributed by atoms with van der Waals surface area (Å²) in [5, 5.41) is 7.76. The van der Waals surface area contributed by atoms with E-state index in [2.05, 4.69) is 30.6 Å². The number of nitrogens with one attached hydrogen (secondary N) is 2. The second-order valence-corrected chi connectivity index (χ2v) is 7.99. The summed E-state index contributed by atoms with van der Waals surface area (Å²) in [5.41, 5.74) is 3.84. The Hall–Kier alpha value is -2.26. The number of ketones is 1. The van der Waals surface area contributed by atoms with Crippen LogP contribution >= 0.6 is 11.6 Å². The molecule has 2 atom stereocenters. The number of para-hydroxylation sites is 2. The maximum Gasteiger partial charge on any atom is 0.145 e. The molecule has 0 fully saturated rings. The van der Waals surface area contributed by atoms with Gasteiger partial charge >= 0.3 is 0 Å². The van der Waals surface area contributed by atoms with Crippen LogP contribution in [0, 0.1) is 11.3 Å². The van der Waals surface area contributed by atoms with Gasteiger partial charge in [-0.15, -0.1) is 0 Å². The van der Waals surface area contributed by atoms with Crippen molar-refractivity contribution in [3.8, 4) is 0 Å². The zero-order valence-corrected chi connectivity index (χ0v) is 15.1. The lowest BCUT2D eigenvalue weighted by atomic mass is 9.72. The van der Waals surface area contributed by atoms with Gasteiger partial charge in [0.05, 0.1) is 23.3 Å². The summed E-state index contributed by atoms with van der Waals surface area (Å²) in [4.78, 5) is 13.1. The van der Waals surface area contributed by atoms with E-state index in [9.17, 15) is 4.79 Å². The Morgan fingerprint density at radius 1 is 1.08 bits per heavy atom. The number of rotatable bonds is 1. The fraction of sp³-hybridized carbons (Fsp3) is 0.286. The number of carbonyl (C=O) groups excluding carboxylic acids is 1. The van der Waals surface area contributed by atoms with Crippen LogP contribution in [-0.2, 0) is 4.79 Å². The molecule has 128 valence electrons. The first-order chi connectivity index (χ1) is 11.9. The zero-order chi connectivity index (χ0) is 17.6. The monoisotopic (exact) mass is 352 g/mol. The standard InChI is InChI=1S/C21H21ClN2O/c1-21(2)11-17-19(18(25)12-21)20(13-6-5-7-14(22)10-13)24-16-9-4-3-8-15(16)23-17/h3-11,19-20,23-24H,12H2,1-2H3. The van der Waals surface area contributed by atoms with Crippen molar-refractivity contribution < 1.29 is 4.79 Å². The van der Waals surface area contributed by atoms with Crippen molar-refractivity contribution in [3.63, 3.8) is 0 Å². The van der Waals surface area contributed by atoms with E-state index >= 15 is 0 Å². The SMILES string of the molecule is CC1(C)C=C2Nc3ccccc3NC(c3cccc(Cl)c3)C2C(=O)C1. The molecule has 2 aromatic rings. The van der Waals surface area contributed by atoms with Gasteiger partial charge < -0.3 is 10.6 Å². The van der Waals surface area contributed by atoms with Crippen molar-refractivity contribution in [2.75, 3.05) is 10.6 Å². The fourth-order valence-corrected chi connectivity index (χ4v) is 4.07. The number of hydrogen-bond donors (Lipinski definition) is 2. The average molecular weight is 353 g/mol. The Labute approximate surface area is 153 Å². The molecule has 25 heavy (non-hydrogen) atoms. The minimum atomic E-state index is -0.251. The molecular weight excluding hydrogens is 332 g/mol. The normalized spacial score (nSPS) is 24.1. The number of allylic oxidation sites excluding steroid dienone is 1. The Balaban J connectivity index is 1.88. The van der Waals surface area contributed by atoms with E-state index in [4.69, 9.17) is 11.6 Å².